The lowest BCUT2D eigenvalue weighted by Crippen LogP contribution is -2.22. The zero-order valence-electron chi connectivity index (χ0n) is 11.1. The summed E-state index contributed by atoms with van der Waals surface area (Å²) in [4.78, 5) is 16.1. The molecule has 2 aromatic rings. The third-order valence-corrected chi connectivity index (χ3v) is 3.06. The van der Waals surface area contributed by atoms with Crippen LogP contribution in [-0.2, 0) is 6.54 Å². The smallest absolute Gasteiger partial charge is 0.297 e. The summed E-state index contributed by atoms with van der Waals surface area (Å²) in [7, 11) is 1.41. The summed E-state index contributed by atoms with van der Waals surface area (Å²) in [6, 6.07) is 6.17. The van der Waals surface area contributed by atoms with Crippen LogP contribution >= 0.6 is 11.6 Å². The van der Waals surface area contributed by atoms with Crippen molar-refractivity contribution in [2.75, 3.05) is 7.11 Å². The van der Waals surface area contributed by atoms with Gasteiger partial charge in [-0.3, -0.25) is 9.36 Å². The molecule has 1 aromatic heterocycles. The van der Waals surface area contributed by atoms with Gasteiger partial charge in [0.25, 0.3) is 5.56 Å². The van der Waals surface area contributed by atoms with Crippen LogP contribution in [0.2, 0.25) is 5.15 Å². The van der Waals surface area contributed by atoms with Gasteiger partial charge < -0.3 is 4.74 Å². The van der Waals surface area contributed by atoms with E-state index >= 15 is 0 Å². The Balaban J connectivity index is 2.41. The Morgan fingerprint density at radius 2 is 1.89 bits per heavy atom. The van der Waals surface area contributed by atoms with Crippen LogP contribution < -0.4 is 10.3 Å². The highest BCUT2D eigenvalue weighted by molar-refractivity contribution is 6.30. The highest BCUT2D eigenvalue weighted by Gasteiger charge is 2.10. The number of hydrogen-bond donors (Lipinski definition) is 0. The van der Waals surface area contributed by atoms with Crippen molar-refractivity contribution in [2.24, 2.45) is 0 Å². The Morgan fingerprint density at radius 3 is 2.47 bits per heavy atom. The maximum atomic E-state index is 12.1. The van der Waals surface area contributed by atoms with Gasteiger partial charge in [-0.05, 0) is 19.4 Å². The first-order valence-corrected chi connectivity index (χ1v) is 6.25. The van der Waals surface area contributed by atoms with Crippen LogP contribution in [0.3, 0.4) is 0 Å². The molecule has 0 fully saturated rings. The van der Waals surface area contributed by atoms with Crippen LogP contribution in [0.4, 0.5) is 0 Å². The number of nitrogens with zero attached hydrogens (tertiary/aromatic N) is 2. The highest BCUT2D eigenvalue weighted by atomic mass is 35.5. The summed E-state index contributed by atoms with van der Waals surface area (Å²) in [6.45, 7) is 4.50. The minimum Gasteiger partial charge on any atom is -0.489 e. The Kier molecular flexibility index (Phi) is 3.90. The van der Waals surface area contributed by atoms with E-state index in [-0.39, 0.29) is 16.5 Å². The van der Waals surface area contributed by atoms with E-state index in [0.717, 1.165) is 16.7 Å². The number of rotatable bonds is 3. The fourth-order valence-electron chi connectivity index (χ4n) is 2.09. The zero-order chi connectivity index (χ0) is 14.0. The third-order valence-electron chi connectivity index (χ3n) is 2.79. The monoisotopic (exact) mass is 278 g/mol. The van der Waals surface area contributed by atoms with Gasteiger partial charge in [0.15, 0.2) is 5.15 Å². The normalized spacial score (nSPS) is 10.5. The largest absolute Gasteiger partial charge is 0.489 e. The molecule has 0 aliphatic heterocycles. The second kappa shape index (κ2) is 5.45. The molecular weight excluding hydrogens is 264 g/mol. The van der Waals surface area contributed by atoms with E-state index in [1.165, 1.54) is 18.0 Å². The van der Waals surface area contributed by atoms with E-state index in [4.69, 9.17) is 16.3 Å². The molecule has 0 saturated heterocycles. The quantitative estimate of drug-likeness (QED) is 0.811. The number of halogens is 1. The Labute approximate surface area is 116 Å². The molecule has 0 atom stereocenters. The molecule has 4 nitrogen and oxygen atoms in total. The number of hydrogen-bond acceptors (Lipinski definition) is 3. The van der Waals surface area contributed by atoms with E-state index in [1.54, 1.807) is 0 Å². The molecule has 0 saturated carbocycles. The van der Waals surface area contributed by atoms with E-state index in [0.29, 0.717) is 6.54 Å². The van der Waals surface area contributed by atoms with Gasteiger partial charge in [-0.15, -0.1) is 0 Å². The Morgan fingerprint density at radius 1 is 1.26 bits per heavy atom. The van der Waals surface area contributed by atoms with Crippen molar-refractivity contribution < 1.29 is 4.74 Å². The molecule has 0 bridgehead atoms. The fourth-order valence-corrected chi connectivity index (χ4v) is 2.29. The predicted octanol–water partition coefficient (Wildman–Crippen LogP) is 2.57. The van der Waals surface area contributed by atoms with Gasteiger partial charge in [-0.25, -0.2) is 4.98 Å². The van der Waals surface area contributed by atoms with Crippen molar-refractivity contribution in [1.29, 1.82) is 0 Å². The molecule has 2 rings (SSSR count). The maximum Gasteiger partial charge on any atom is 0.297 e. The van der Waals surface area contributed by atoms with E-state index in [9.17, 15) is 4.79 Å². The standard InChI is InChI=1S/C14H15ClN2O2/c1-9-4-10(2)6-11(5-9)7-17-8-16-13(15)12(19-3)14(17)18/h4-6,8H,7H2,1-3H3. The molecular formula is C14H15ClN2O2. The first kappa shape index (κ1) is 13.6. The number of benzene rings is 1. The molecule has 0 aliphatic rings. The molecule has 100 valence electrons. The highest BCUT2D eigenvalue weighted by Crippen LogP contribution is 2.16. The Hall–Kier alpha value is -1.81. The number of methoxy groups -OCH3 is 1. The SMILES string of the molecule is COc1c(Cl)ncn(Cc2cc(C)cc(C)c2)c1=O. The zero-order valence-corrected chi connectivity index (χ0v) is 11.9. The van der Waals surface area contributed by atoms with Crippen molar-refractivity contribution in [3.63, 3.8) is 0 Å². The van der Waals surface area contributed by atoms with Gasteiger partial charge in [0.1, 0.15) is 0 Å². The lowest BCUT2D eigenvalue weighted by atomic mass is 10.1. The topological polar surface area (TPSA) is 44.1 Å². The number of aryl methyl sites for hydroxylation is 2. The van der Waals surface area contributed by atoms with Gasteiger partial charge in [-0.2, -0.15) is 0 Å². The molecule has 5 heteroatoms. The molecule has 19 heavy (non-hydrogen) atoms. The minimum atomic E-state index is -0.276. The van der Waals surface area contributed by atoms with Crippen LogP contribution in [0.5, 0.6) is 5.75 Å². The average Bonchev–Trinajstić information content (AvgIpc) is 2.32. The summed E-state index contributed by atoms with van der Waals surface area (Å²) in [5, 5.41) is 0.0872. The second-order valence-corrected chi connectivity index (χ2v) is 4.86. The van der Waals surface area contributed by atoms with Gasteiger partial charge >= 0.3 is 0 Å². The van der Waals surface area contributed by atoms with Gasteiger partial charge in [0.2, 0.25) is 5.75 Å². The van der Waals surface area contributed by atoms with Crippen LogP contribution in [0, 0.1) is 13.8 Å². The summed E-state index contributed by atoms with van der Waals surface area (Å²) in [5.41, 5.74) is 3.10. The molecule has 0 amide bonds. The lowest BCUT2D eigenvalue weighted by molar-refractivity contribution is 0.401. The maximum absolute atomic E-state index is 12.1. The van der Waals surface area contributed by atoms with E-state index < -0.39 is 0 Å². The fraction of sp³-hybridized carbons (Fsp3) is 0.286. The summed E-state index contributed by atoms with van der Waals surface area (Å²) in [6.07, 6.45) is 1.44. The van der Waals surface area contributed by atoms with Crippen molar-refractivity contribution >= 4 is 11.6 Å². The molecule has 0 radical (unpaired) electrons. The van der Waals surface area contributed by atoms with Crippen molar-refractivity contribution in [3.05, 3.63) is 56.7 Å². The Bertz CT molecular complexity index is 645. The molecule has 0 aliphatic carbocycles. The number of ether oxygens (including phenoxy) is 1. The average molecular weight is 279 g/mol. The van der Waals surface area contributed by atoms with Crippen molar-refractivity contribution in [3.8, 4) is 5.75 Å². The van der Waals surface area contributed by atoms with Crippen LogP contribution in [-0.4, -0.2) is 16.7 Å². The lowest BCUT2D eigenvalue weighted by Gasteiger charge is -2.09. The van der Waals surface area contributed by atoms with Crippen molar-refractivity contribution in [1.82, 2.24) is 9.55 Å². The first-order chi connectivity index (χ1) is 9.01. The molecule has 0 unspecified atom stereocenters. The van der Waals surface area contributed by atoms with Crippen LogP contribution in [0.25, 0.3) is 0 Å². The molecule has 1 heterocycles. The van der Waals surface area contributed by atoms with Gasteiger partial charge in [0.05, 0.1) is 20.0 Å². The number of aromatic nitrogens is 2. The van der Waals surface area contributed by atoms with Gasteiger partial charge in [-0.1, -0.05) is 40.9 Å². The summed E-state index contributed by atoms with van der Waals surface area (Å²) in [5.74, 6) is 0.0774. The van der Waals surface area contributed by atoms with Crippen molar-refractivity contribution in [2.45, 2.75) is 20.4 Å². The minimum absolute atomic E-state index is 0.0774. The third kappa shape index (κ3) is 2.96. The summed E-state index contributed by atoms with van der Waals surface area (Å²) >= 11 is 5.81. The molecule has 0 N–H and O–H groups in total. The molecule has 0 spiro atoms. The van der Waals surface area contributed by atoms with Crippen LogP contribution in [0.15, 0.2) is 29.3 Å². The van der Waals surface area contributed by atoms with E-state index in [1.807, 2.05) is 26.0 Å². The first-order valence-electron chi connectivity index (χ1n) is 5.87. The van der Waals surface area contributed by atoms with E-state index in [2.05, 4.69) is 11.1 Å². The molecule has 1 aromatic carbocycles. The second-order valence-electron chi connectivity index (χ2n) is 4.50. The predicted molar refractivity (Wildman–Crippen MR) is 75.1 cm³/mol. The summed E-state index contributed by atoms with van der Waals surface area (Å²) < 4.78 is 6.46. The van der Waals surface area contributed by atoms with Crippen LogP contribution in [0.1, 0.15) is 16.7 Å². The van der Waals surface area contributed by atoms with Gasteiger partial charge in [0, 0.05) is 0 Å².